The highest BCUT2D eigenvalue weighted by molar-refractivity contribution is 8.00. The zero-order valence-electron chi connectivity index (χ0n) is 12.6. The van der Waals surface area contributed by atoms with E-state index in [-0.39, 0.29) is 11.6 Å². The quantitative estimate of drug-likeness (QED) is 0.683. The third kappa shape index (κ3) is 4.37. The first kappa shape index (κ1) is 16.1. The molecule has 21 heavy (non-hydrogen) atoms. The number of amides is 1. The Hall–Kier alpha value is -1.23. The Morgan fingerprint density at radius 1 is 1.38 bits per heavy atom. The first-order valence-electron chi connectivity index (χ1n) is 7.41. The summed E-state index contributed by atoms with van der Waals surface area (Å²) in [6.07, 6.45) is 4.56. The number of hydrogen-bond acceptors (Lipinski definition) is 3. The highest BCUT2D eigenvalue weighted by atomic mass is 32.2. The van der Waals surface area contributed by atoms with E-state index in [1.54, 1.807) is 6.07 Å². The van der Waals surface area contributed by atoms with Crippen LogP contribution in [-0.4, -0.2) is 29.6 Å². The summed E-state index contributed by atoms with van der Waals surface area (Å²) in [6.45, 7) is 2.27. The fraction of sp³-hybridized carbons (Fsp3) is 0.562. The highest BCUT2D eigenvalue weighted by Gasteiger charge is 2.24. The number of halogens is 1. The zero-order valence-corrected chi connectivity index (χ0v) is 13.5. The number of nitrogens with two attached hydrogens (primary N) is 1. The molecule has 1 aromatic carbocycles. The second-order valence-electron chi connectivity index (χ2n) is 5.89. The van der Waals surface area contributed by atoms with Crippen molar-refractivity contribution in [3.63, 3.8) is 0 Å². The average Bonchev–Trinajstić information content (AvgIpc) is 2.48. The van der Waals surface area contributed by atoms with E-state index < -0.39 is 5.82 Å². The van der Waals surface area contributed by atoms with Gasteiger partial charge in [-0.3, -0.25) is 4.79 Å². The van der Waals surface area contributed by atoms with Crippen LogP contribution in [0.25, 0.3) is 0 Å². The van der Waals surface area contributed by atoms with Crippen molar-refractivity contribution < 1.29 is 9.18 Å². The molecule has 0 unspecified atom stereocenters. The van der Waals surface area contributed by atoms with E-state index in [1.165, 1.54) is 36.7 Å². The van der Waals surface area contributed by atoms with Crippen molar-refractivity contribution in [2.24, 2.45) is 5.92 Å². The number of carbonyl (C=O) groups is 1. The van der Waals surface area contributed by atoms with Crippen LogP contribution in [0.15, 0.2) is 23.1 Å². The minimum atomic E-state index is -0.429. The predicted molar refractivity (Wildman–Crippen MR) is 85.7 cm³/mol. The molecule has 1 fully saturated rings. The van der Waals surface area contributed by atoms with Crippen LogP contribution >= 0.6 is 11.8 Å². The second kappa shape index (κ2) is 7.16. The number of nitrogens with zero attached hydrogens (tertiary/aromatic N) is 1. The number of nitrogen functional groups attached to an aromatic ring is 1. The molecule has 1 aliphatic rings. The van der Waals surface area contributed by atoms with Crippen LogP contribution in [0.2, 0.25) is 0 Å². The Morgan fingerprint density at radius 2 is 2.05 bits per heavy atom. The second-order valence-corrected chi connectivity index (χ2v) is 6.94. The lowest BCUT2D eigenvalue weighted by Crippen LogP contribution is -2.40. The number of anilines is 1. The first-order valence-corrected chi connectivity index (χ1v) is 8.39. The maximum Gasteiger partial charge on any atom is 0.232 e. The van der Waals surface area contributed by atoms with Crippen LogP contribution in [0.4, 0.5) is 10.1 Å². The molecule has 0 spiro atoms. The largest absolute Gasteiger partial charge is 0.396 e. The molecule has 0 radical (unpaired) electrons. The van der Waals surface area contributed by atoms with Gasteiger partial charge in [-0.1, -0.05) is 6.92 Å². The van der Waals surface area contributed by atoms with Gasteiger partial charge in [0.15, 0.2) is 0 Å². The summed E-state index contributed by atoms with van der Waals surface area (Å²) in [4.78, 5) is 14.8. The van der Waals surface area contributed by atoms with Gasteiger partial charge >= 0.3 is 0 Å². The number of benzene rings is 1. The molecule has 116 valence electrons. The van der Waals surface area contributed by atoms with Gasteiger partial charge in [0.25, 0.3) is 0 Å². The molecular formula is C16H23FN2OS. The smallest absolute Gasteiger partial charge is 0.232 e. The van der Waals surface area contributed by atoms with E-state index >= 15 is 0 Å². The Kier molecular flexibility index (Phi) is 5.51. The summed E-state index contributed by atoms with van der Waals surface area (Å²) in [5.41, 5.74) is 5.58. The summed E-state index contributed by atoms with van der Waals surface area (Å²) in [5, 5.41) is 0. The van der Waals surface area contributed by atoms with Crippen LogP contribution in [0.3, 0.4) is 0 Å². The van der Waals surface area contributed by atoms with Crippen molar-refractivity contribution >= 4 is 23.4 Å². The van der Waals surface area contributed by atoms with E-state index in [1.807, 2.05) is 11.9 Å². The van der Waals surface area contributed by atoms with Crippen molar-refractivity contribution in [1.82, 2.24) is 4.90 Å². The van der Waals surface area contributed by atoms with Gasteiger partial charge in [-0.2, -0.15) is 0 Å². The van der Waals surface area contributed by atoms with Gasteiger partial charge < -0.3 is 10.6 Å². The van der Waals surface area contributed by atoms with Crippen LogP contribution in [0, 0.1) is 11.7 Å². The van der Waals surface area contributed by atoms with Crippen molar-refractivity contribution in [1.29, 1.82) is 0 Å². The minimum Gasteiger partial charge on any atom is -0.396 e. The molecule has 0 saturated heterocycles. The molecule has 5 heteroatoms. The minimum absolute atomic E-state index is 0.108. The summed E-state index contributed by atoms with van der Waals surface area (Å²) in [5.74, 6) is 0.794. The molecule has 0 aliphatic heterocycles. The van der Waals surface area contributed by atoms with E-state index in [0.29, 0.717) is 11.8 Å². The highest BCUT2D eigenvalue weighted by Crippen LogP contribution is 2.27. The summed E-state index contributed by atoms with van der Waals surface area (Å²) in [7, 11) is 1.88. The first-order chi connectivity index (χ1) is 9.97. The third-order valence-electron chi connectivity index (χ3n) is 4.26. The van der Waals surface area contributed by atoms with E-state index in [9.17, 15) is 9.18 Å². The van der Waals surface area contributed by atoms with Crippen molar-refractivity contribution in [3.8, 4) is 0 Å². The average molecular weight is 310 g/mol. The van der Waals surface area contributed by atoms with Gasteiger partial charge in [0.1, 0.15) is 5.82 Å². The Balaban J connectivity index is 1.84. The van der Waals surface area contributed by atoms with Crippen LogP contribution in [-0.2, 0) is 4.79 Å². The summed E-state index contributed by atoms with van der Waals surface area (Å²) >= 11 is 1.36. The molecule has 0 atom stereocenters. The molecule has 1 aromatic rings. The van der Waals surface area contributed by atoms with Gasteiger partial charge in [-0.25, -0.2) is 4.39 Å². The van der Waals surface area contributed by atoms with E-state index in [4.69, 9.17) is 5.73 Å². The Labute approximate surface area is 130 Å². The molecular weight excluding hydrogens is 287 g/mol. The van der Waals surface area contributed by atoms with E-state index in [2.05, 4.69) is 6.92 Å². The topological polar surface area (TPSA) is 46.3 Å². The predicted octanol–water partition coefficient (Wildman–Crippen LogP) is 3.54. The molecule has 3 nitrogen and oxygen atoms in total. The van der Waals surface area contributed by atoms with Gasteiger partial charge in [-0.05, 0) is 49.8 Å². The monoisotopic (exact) mass is 310 g/mol. The zero-order chi connectivity index (χ0) is 15.4. The molecule has 1 amide bonds. The lowest BCUT2D eigenvalue weighted by molar-refractivity contribution is -0.129. The standard InChI is InChI=1S/C16H23FN2OS/c1-11-3-5-12(6-4-11)19(2)16(20)10-21-13-7-8-15(18)14(17)9-13/h7-9,11-12H,3-6,10,18H2,1-2H3. The van der Waals surface area contributed by atoms with Crippen LogP contribution < -0.4 is 5.73 Å². The maximum atomic E-state index is 13.4. The number of hydrogen-bond donors (Lipinski definition) is 1. The van der Waals surface area contributed by atoms with Gasteiger partial charge in [0, 0.05) is 18.0 Å². The molecule has 0 aromatic heterocycles. The number of carbonyl (C=O) groups excluding carboxylic acids is 1. The Morgan fingerprint density at radius 3 is 2.67 bits per heavy atom. The van der Waals surface area contributed by atoms with Gasteiger partial charge in [0.2, 0.25) is 5.91 Å². The molecule has 2 N–H and O–H groups in total. The number of thioether (sulfide) groups is 1. The maximum absolute atomic E-state index is 13.4. The molecule has 2 rings (SSSR count). The fourth-order valence-corrected chi connectivity index (χ4v) is 3.52. The molecule has 1 saturated carbocycles. The summed E-state index contributed by atoms with van der Waals surface area (Å²) < 4.78 is 13.4. The van der Waals surface area contributed by atoms with E-state index in [0.717, 1.165) is 23.7 Å². The SMILES string of the molecule is CC1CCC(N(C)C(=O)CSc2ccc(N)c(F)c2)CC1. The summed E-state index contributed by atoms with van der Waals surface area (Å²) in [6, 6.07) is 5.03. The van der Waals surface area contributed by atoms with Crippen molar-refractivity contribution in [2.75, 3.05) is 18.5 Å². The molecule has 1 aliphatic carbocycles. The fourth-order valence-electron chi connectivity index (χ4n) is 2.68. The van der Waals surface area contributed by atoms with Crippen molar-refractivity contribution in [3.05, 3.63) is 24.0 Å². The molecule has 0 heterocycles. The molecule has 0 bridgehead atoms. The van der Waals surface area contributed by atoms with Crippen molar-refractivity contribution in [2.45, 2.75) is 43.5 Å². The third-order valence-corrected chi connectivity index (χ3v) is 5.24. The van der Waals surface area contributed by atoms with Crippen LogP contribution in [0.1, 0.15) is 32.6 Å². The lowest BCUT2D eigenvalue weighted by atomic mass is 9.87. The normalized spacial score (nSPS) is 22.0. The number of rotatable bonds is 4. The van der Waals surface area contributed by atoms with Gasteiger partial charge in [0.05, 0.1) is 11.4 Å². The van der Waals surface area contributed by atoms with Crippen LogP contribution in [0.5, 0.6) is 0 Å². The Bertz CT molecular complexity index is 501. The lowest BCUT2D eigenvalue weighted by Gasteiger charge is -2.33. The van der Waals surface area contributed by atoms with Gasteiger partial charge in [-0.15, -0.1) is 11.8 Å².